The number of nitrogens with zero attached hydrogens (tertiary/aromatic N) is 2. The van der Waals surface area contributed by atoms with Crippen molar-refractivity contribution in [1.29, 1.82) is 0 Å². The van der Waals surface area contributed by atoms with Crippen LogP contribution in [0.5, 0.6) is 5.75 Å². The number of aromatic nitrogens is 2. The third-order valence-electron chi connectivity index (χ3n) is 4.23. The second kappa shape index (κ2) is 7.86. The molecular formula is C19H18F3N3O3S. The van der Waals surface area contributed by atoms with Crippen LogP contribution >= 0.6 is 11.3 Å². The zero-order valence-electron chi connectivity index (χ0n) is 15.9. The zero-order chi connectivity index (χ0) is 21.3. The maximum absolute atomic E-state index is 13.1. The molecule has 0 fully saturated rings. The highest BCUT2D eigenvalue weighted by Gasteiger charge is 2.31. The van der Waals surface area contributed by atoms with Gasteiger partial charge in [-0.15, -0.1) is 11.3 Å². The molecule has 3 aromatic rings. The molecule has 1 N–H and O–H groups in total. The van der Waals surface area contributed by atoms with Gasteiger partial charge in [-0.2, -0.15) is 13.2 Å². The van der Waals surface area contributed by atoms with Crippen LogP contribution < -0.4 is 15.6 Å². The number of thiophene rings is 1. The molecule has 0 bridgehead atoms. The fourth-order valence-corrected chi connectivity index (χ4v) is 3.78. The van der Waals surface area contributed by atoms with Crippen molar-refractivity contribution in [2.75, 3.05) is 11.9 Å². The van der Waals surface area contributed by atoms with Crippen LogP contribution in [0.3, 0.4) is 0 Å². The van der Waals surface area contributed by atoms with Crippen molar-refractivity contribution in [2.45, 2.75) is 26.4 Å². The molecule has 10 heteroatoms. The number of amides is 1. The summed E-state index contributed by atoms with van der Waals surface area (Å²) in [5.41, 5.74) is -0.857. The van der Waals surface area contributed by atoms with Gasteiger partial charge in [-0.3, -0.25) is 9.59 Å². The summed E-state index contributed by atoms with van der Waals surface area (Å²) in [7, 11) is 1.55. The van der Waals surface area contributed by atoms with E-state index < -0.39 is 17.6 Å². The fraction of sp³-hybridized carbons (Fsp3) is 0.316. The van der Waals surface area contributed by atoms with Gasteiger partial charge in [0, 0.05) is 7.05 Å². The minimum absolute atomic E-state index is 0.0870. The van der Waals surface area contributed by atoms with Crippen LogP contribution in [0.1, 0.15) is 34.1 Å². The number of alkyl halides is 3. The van der Waals surface area contributed by atoms with Gasteiger partial charge in [0.1, 0.15) is 10.6 Å². The first-order valence-corrected chi connectivity index (χ1v) is 9.55. The molecule has 2 aromatic heterocycles. The van der Waals surface area contributed by atoms with Crippen molar-refractivity contribution < 1.29 is 22.7 Å². The van der Waals surface area contributed by atoms with E-state index >= 15 is 0 Å². The Kier molecular flexibility index (Phi) is 5.65. The highest BCUT2D eigenvalue weighted by atomic mass is 32.1. The van der Waals surface area contributed by atoms with Crippen molar-refractivity contribution in [3.8, 4) is 5.75 Å². The Hall–Kier alpha value is -2.88. The van der Waals surface area contributed by atoms with Crippen molar-refractivity contribution >= 4 is 33.1 Å². The lowest BCUT2D eigenvalue weighted by atomic mass is 10.1. The fourth-order valence-electron chi connectivity index (χ4n) is 2.75. The van der Waals surface area contributed by atoms with Gasteiger partial charge >= 0.3 is 6.18 Å². The number of fused-ring (bicyclic) bond motifs is 1. The van der Waals surface area contributed by atoms with Gasteiger partial charge in [0.15, 0.2) is 0 Å². The minimum atomic E-state index is -4.56. The second-order valence-electron chi connectivity index (χ2n) is 6.41. The summed E-state index contributed by atoms with van der Waals surface area (Å²) in [6.45, 7) is 3.75. The number of benzene rings is 1. The van der Waals surface area contributed by atoms with Gasteiger partial charge in [-0.05, 0) is 37.1 Å². The first kappa shape index (κ1) is 20.8. The molecule has 0 aliphatic carbocycles. The summed E-state index contributed by atoms with van der Waals surface area (Å²) >= 11 is 1.01. The van der Waals surface area contributed by atoms with Crippen LogP contribution in [0.25, 0.3) is 10.2 Å². The van der Waals surface area contributed by atoms with Crippen LogP contribution in [0, 0.1) is 6.92 Å². The van der Waals surface area contributed by atoms with Crippen LogP contribution in [0.2, 0.25) is 0 Å². The molecule has 6 nitrogen and oxygen atoms in total. The van der Waals surface area contributed by atoms with E-state index in [0.717, 1.165) is 23.5 Å². The molecule has 2 heterocycles. The lowest BCUT2D eigenvalue weighted by Crippen LogP contribution is -2.17. The van der Waals surface area contributed by atoms with Crippen molar-refractivity contribution in [2.24, 2.45) is 7.05 Å². The first-order valence-electron chi connectivity index (χ1n) is 8.73. The van der Waals surface area contributed by atoms with Crippen molar-refractivity contribution in [1.82, 2.24) is 9.55 Å². The van der Waals surface area contributed by atoms with Gasteiger partial charge in [-0.1, -0.05) is 6.92 Å². The number of anilines is 1. The number of carbonyl (C=O) groups is 1. The summed E-state index contributed by atoms with van der Waals surface area (Å²) < 4.78 is 46.1. The van der Waals surface area contributed by atoms with Crippen molar-refractivity contribution in [3.63, 3.8) is 0 Å². The second-order valence-corrected chi connectivity index (χ2v) is 7.41. The molecule has 3 rings (SSSR count). The topological polar surface area (TPSA) is 73.2 Å². The van der Waals surface area contributed by atoms with Gasteiger partial charge in [-0.25, -0.2) is 4.98 Å². The summed E-state index contributed by atoms with van der Waals surface area (Å²) in [4.78, 5) is 29.9. The highest BCUT2D eigenvalue weighted by molar-refractivity contribution is 7.20. The quantitative estimate of drug-likeness (QED) is 0.659. The van der Waals surface area contributed by atoms with Crippen LogP contribution in [-0.2, 0) is 13.2 Å². The lowest BCUT2D eigenvalue weighted by molar-refractivity contribution is -0.137. The number of aryl methyl sites for hydroxylation is 2. The number of halogens is 3. The number of nitrogens with one attached hydrogen (secondary N) is 1. The van der Waals surface area contributed by atoms with Crippen molar-refractivity contribution in [3.05, 3.63) is 50.9 Å². The number of hydrogen-bond donors (Lipinski definition) is 1. The van der Waals surface area contributed by atoms with E-state index in [0.29, 0.717) is 22.2 Å². The minimum Gasteiger partial charge on any atom is -0.491 e. The van der Waals surface area contributed by atoms with Crippen LogP contribution in [0.15, 0.2) is 29.3 Å². The maximum Gasteiger partial charge on any atom is 0.416 e. The third-order valence-corrected chi connectivity index (χ3v) is 5.43. The predicted molar refractivity (Wildman–Crippen MR) is 105 cm³/mol. The Balaban J connectivity index is 2.02. The monoisotopic (exact) mass is 425 g/mol. The third kappa shape index (κ3) is 4.12. The van der Waals surface area contributed by atoms with Gasteiger partial charge in [0.05, 0.1) is 34.4 Å². The summed E-state index contributed by atoms with van der Waals surface area (Å²) in [5, 5.41) is 2.81. The van der Waals surface area contributed by atoms with E-state index in [1.54, 1.807) is 14.0 Å². The standard InChI is InChI=1S/C19H18F3N3O3S/c1-4-7-28-13-6-5-11(19(20,21)22)8-12(13)24-16(26)15-10(2)14-17(29-15)23-9-25(3)18(14)27/h5-6,8-9H,4,7H2,1-3H3,(H,24,26). The largest absolute Gasteiger partial charge is 0.491 e. The molecule has 0 saturated carbocycles. The summed E-state index contributed by atoms with van der Waals surface area (Å²) in [5.74, 6) is -0.491. The maximum atomic E-state index is 13.1. The first-order chi connectivity index (χ1) is 13.6. The average Bonchev–Trinajstić information content (AvgIpc) is 3.00. The Labute approximate surface area is 167 Å². The zero-order valence-corrected chi connectivity index (χ0v) is 16.7. The molecule has 0 unspecified atom stereocenters. The van der Waals surface area contributed by atoms with Gasteiger partial charge < -0.3 is 14.6 Å². The SMILES string of the molecule is CCCOc1ccc(C(F)(F)F)cc1NC(=O)c1sc2ncn(C)c(=O)c2c1C. The van der Waals surface area contributed by atoms with E-state index in [4.69, 9.17) is 4.74 Å². The average molecular weight is 425 g/mol. The van der Waals surface area contributed by atoms with E-state index in [9.17, 15) is 22.8 Å². The van der Waals surface area contributed by atoms with E-state index in [1.165, 1.54) is 17.0 Å². The van der Waals surface area contributed by atoms with Gasteiger partial charge in [0.2, 0.25) is 0 Å². The molecule has 0 spiro atoms. The molecule has 0 aliphatic heterocycles. The Morgan fingerprint density at radius 1 is 1.34 bits per heavy atom. The Bertz CT molecular complexity index is 1140. The number of carbonyl (C=O) groups excluding carboxylic acids is 1. The summed E-state index contributed by atoms with van der Waals surface area (Å²) in [6, 6.07) is 2.92. The Morgan fingerprint density at radius 3 is 2.72 bits per heavy atom. The predicted octanol–water partition coefficient (Wildman–Crippen LogP) is 4.36. The smallest absolute Gasteiger partial charge is 0.416 e. The molecule has 29 heavy (non-hydrogen) atoms. The van der Waals surface area contributed by atoms with Crippen LogP contribution in [0.4, 0.5) is 18.9 Å². The molecular weight excluding hydrogens is 407 g/mol. The lowest BCUT2D eigenvalue weighted by Gasteiger charge is -2.15. The van der Waals surface area contributed by atoms with Crippen LogP contribution in [-0.4, -0.2) is 22.1 Å². The number of hydrogen-bond acceptors (Lipinski definition) is 5. The Morgan fingerprint density at radius 2 is 2.07 bits per heavy atom. The number of rotatable bonds is 5. The normalized spacial score (nSPS) is 11.7. The van der Waals surface area contributed by atoms with E-state index in [-0.39, 0.29) is 28.5 Å². The molecule has 1 amide bonds. The molecule has 0 atom stereocenters. The molecule has 0 aliphatic rings. The van der Waals surface area contributed by atoms with E-state index in [2.05, 4.69) is 10.3 Å². The summed E-state index contributed by atoms with van der Waals surface area (Å²) in [6.07, 6.45) is -2.56. The highest BCUT2D eigenvalue weighted by Crippen LogP contribution is 2.36. The van der Waals surface area contributed by atoms with E-state index in [1.807, 2.05) is 6.92 Å². The molecule has 154 valence electrons. The number of ether oxygens (including phenoxy) is 1. The molecule has 0 radical (unpaired) electrons. The molecule has 0 saturated heterocycles. The van der Waals surface area contributed by atoms with Gasteiger partial charge in [0.25, 0.3) is 11.5 Å². The molecule has 1 aromatic carbocycles.